The fourth-order valence-electron chi connectivity index (χ4n) is 0.907. The van der Waals surface area contributed by atoms with Gasteiger partial charge in [0.2, 0.25) is 0 Å². The van der Waals surface area contributed by atoms with Crippen molar-refractivity contribution in [3.63, 3.8) is 0 Å². The van der Waals surface area contributed by atoms with Crippen LogP contribution in [0.15, 0.2) is 22.9 Å². The molecule has 66 valence electrons. The fourth-order valence-corrected chi connectivity index (χ4v) is 1.42. The van der Waals surface area contributed by atoms with E-state index in [1.807, 2.05) is 6.07 Å². The van der Waals surface area contributed by atoms with Crippen molar-refractivity contribution in [2.45, 2.75) is 19.1 Å². The number of aliphatic hydroxyl groups is 1. The Hall–Kier alpha value is -0.450. The van der Waals surface area contributed by atoms with Crippen molar-refractivity contribution < 1.29 is 5.11 Å². The van der Waals surface area contributed by atoms with E-state index in [9.17, 15) is 5.11 Å². The lowest BCUT2D eigenvalue weighted by atomic mass is 10.1. The maximum absolute atomic E-state index is 9.23. The van der Waals surface area contributed by atoms with Crippen molar-refractivity contribution in [3.8, 4) is 0 Å². The summed E-state index contributed by atoms with van der Waals surface area (Å²) >= 11 is 3.26. The molecule has 1 aromatic rings. The number of halogens is 1. The molecular formula is C8H11BrN2O. The molecule has 0 bridgehead atoms. The van der Waals surface area contributed by atoms with E-state index >= 15 is 0 Å². The van der Waals surface area contributed by atoms with E-state index in [1.54, 1.807) is 19.2 Å². The zero-order chi connectivity index (χ0) is 9.14. The molecule has 3 nitrogen and oxygen atoms in total. The lowest BCUT2D eigenvalue weighted by Gasteiger charge is -2.15. The van der Waals surface area contributed by atoms with Crippen LogP contribution < -0.4 is 5.73 Å². The van der Waals surface area contributed by atoms with Crippen molar-refractivity contribution >= 4 is 15.9 Å². The van der Waals surface area contributed by atoms with Gasteiger partial charge in [-0.25, -0.2) is 4.98 Å². The van der Waals surface area contributed by atoms with Crippen LogP contribution in [0.1, 0.15) is 18.5 Å². The average Bonchev–Trinajstić information content (AvgIpc) is 2.04. The first-order valence-corrected chi connectivity index (χ1v) is 4.46. The molecule has 4 heteroatoms. The van der Waals surface area contributed by atoms with E-state index in [0.717, 1.165) is 5.56 Å². The van der Waals surface area contributed by atoms with Crippen LogP contribution in [0.3, 0.4) is 0 Å². The van der Waals surface area contributed by atoms with Crippen LogP contribution in [0.25, 0.3) is 0 Å². The molecule has 3 N–H and O–H groups in total. The van der Waals surface area contributed by atoms with E-state index in [-0.39, 0.29) is 6.04 Å². The molecule has 0 amide bonds. The zero-order valence-electron chi connectivity index (χ0n) is 6.74. The topological polar surface area (TPSA) is 59.1 Å². The minimum Gasteiger partial charge on any atom is -0.391 e. The molecule has 1 aromatic heterocycles. The maximum Gasteiger partial charge on any atom is 0.110 e. The monoisotopic (exact) mass is 230 g/mol. The first kappa shape index (κ1) is 9.64. The summed E-state index contributed by atoms with van der Waals surface area (Å²) < 4.78 is 0.693. The quantitative estimate of drug-likeness (QED) is 0.752. The average molecular weight is 231 g/mol. The summed E-state index contributed by atoms with van der Waals surface area (Å²) in [5.41, 5.74) is 6.55. The minimum absolute atomic E-state index is 0.381. The van der Waals surface area contributed by atoms with Crippen LogP contribution in [0.2, 0.25) is 0 Å². The van der Waals surface area contributed by atoms with E-state index in [1.165, 1.54) is 0 Å². The summed E-state index contributed by atoms with van der Waals surface area (Å²) in [7, 11) is 0. The summed E-state index contributed by atoms with van der Waals surface area (Å²) in [6.07, 6.45) is 1.10. The molecule has 0 saturated heterocycles. The second-order valence-electron chi connectivity index (χ2n) is 2.65. The standard InChI is InChI=1S/C8H11BrN2O/c1-5(12)7(10)6-3-2-4-11-8(6)9/h2-5,7,12H,10H2,1H3/t5-,7-/m0/s1. The van der Waals surface area contributed by atoms with Gasteiger partial charge in [-0.05, 0) is 28.9 Å². The maximum atomic E-state index is 9.23. The Morgan fingerprint density at radius 3 is 2.83 bits per heavy atom. The zero-order valence-corrected chi connectivity index (χ0v) is 8.32. The lowest BCUT2D eigenvalue weighted by molar-refractivity contribution is 0.164. The van der Waals surface area contributed by atoms with Gasteiger partial charge >= 0.3 is 0 Å². The lowest BCUT2D eigenvalue weighted by Crippen LogP contribution is -2.23. The van der Waals surface area contributed by atoms with E-state index < -0.39 is 6.10 Å². The van der Waals surface area contributed by atoms with Gasteiger partial charge in [0.25, 0.3) is 0 Å². The van der Waals surface area contributed by atoms with Crippen molar-refractivity contribution in [1.82, 2.24) is 4.98 Å². The highest BCUT2D eigenvalue weighted by molar-refractivity contribution is 9.10. The Balaban J connectivity index is 2.94. The number of hydrogen-bond donors (Lipinski definition) is 2. The van der Waals surface area contributed by atoms with Crippen LogP contribution in [0, 0.1) is 0 Å². The normalized spacial score (nSPS) is 15.7. The van der Waals surface area contributed by atoms with Gasteiger partial charge in [-0.2, -0.15) is 0 Å². The number of aromatic nitrogens is 1. The smallest absolute Gasteiger partial charge is 0.110 e. The van der Waals surface area contributed by atoms with Gasteiger partial charge in [0.05, 0.1) is 12.1 Å². The number of nitrogens with two attached hydrogens (primary N) is 1. The molecule has 0 saturated carbocycles. The number of aliphatic hydroxyl groups excluding tert-OH is 1. The molecule has 0 aliphatic rings. The molecule has 12 heavy (non-hydrogen) atoms. The van der Waals surface area contributed by atoms with Gasteiger partial charge in [-0.1, -0.05) is 6.07 Å². The largest absolute Gasteiger partial charge is 0.391 e. The molecule has 0 fully saturated rings. The summed E-state index contributed by atoms with van der Waals surface area (Å²) in [5.74, 6) is 0. The molecule has 0 aliphatic heterocycles. The van der Waals surface area contributed by atoms with Gasteiger partial charge in [-0.15, -0.1) is 0 Å². The van der Waals surface area contributed by atoms with E-state index in [4.69, 9.17) is 5.73 Å². The van der Waals surface area contributed by atoms with Gasteiger partial charge in [0.15, 0.2) is 0 Å². The van der Waals surface area contributed by atoms with Gasteiger partial charge in [0, 0.05) is 11.8 Å². The van der Waals surface area contributed by atoms with E-state index in [2.05, 4.69) is 20.9 Å². The molecule has 0 unspecified atom stereocenters. The second kappa shape index (κ2) is 3.98. The third-order valence-electron chi connectivity index (χ3n) is 1.67. The summed E-state index contributed by atoms with van der Waals surface area (Å²) in [4.78, 5) is 4.01. The van der Waals surface area contributed by atoms with Crippen molar-refractivity contribution in [2.75, 3.05) is 0 Å². The van der Waals surface area contributed by atoms with Crippen LogP contribution in [-0.4, -0.2) is 16.2 Å². The van der Waals surface area contributed by atoms with Crippen LogP contribution in [0.4, 0.5) is 0 Å². The number of rotatable bonds is 2. The minimum atomic E-state index is -0.564. The van der Waals surface area contributed by atoms with Gasteiger partial charge in [0.1, 0.15) is 4.60 Å². The number of nitrogens with zero attached hydrogens (tertiary/aromatic N) is 1. The molecular weight excluding hydrogens is 220 g/mol. The number of hydrogen-bond acceptors (Lipinski definition) is 3. The van der Waals surface area contributed by atoms with Crippen molar-refractivity contribution in [1.29, 1.82) is 0 Å². The highest BCUT2D eigenvalue weighted by Gasteiger charge is 2.14. The first-order valence-electron chi connectivity index (χ1n) is 3.67. The molecule has 1 rings (SSSR count). The SMILES string of the molecule is C[C@H](O)[C@H](N)c1cccnc1Br. The predicted molar refractivity (Wildman–Crippen MR) is 50.5 cm³/mol. The number of pyridine rings is 1. The Kier molecular flexibility index (Phi) is 3.20. The summed E-state index contributed by atoms with van der Waals surface area (Å²) in [6.45, 7) is 1.66. The van der Waals surface area contributed by atoms with Crippen molar-refractivity contribution in [3.05, 3.63) is 28.5 Å². The Morgan fingerprint density at radius 1 is 1.67 bits per heavy atom. The van der Waals surface area contributed by atoms with Crippen LogP contribution >= 0.6 is 15.9 Å². The van der Waals surface area contributed by atoms with Crippen LogP contribution in [-0.2, 0) is 0 Å². The summed E-state index contributed by atoms with van der Waals surface area (Å²) in [5, 5.41) is 9.23. The highest BCUT2D eigenvalue weighted by atomic mass is 79.9. The molecule has 0 aromatic carbocycles. The molecule has 2 atom stereocenters. The molecule has 0 radical (unpaired) electrons. The second-order valence-corrected chi connectivity index (χ2v) is 3.40. The Labute approximate surface area is 79.7 Å². The molecule has 1 heterocycles. The first-order chi connectivity index (χ1) is 5.63. The van der Waals surface area contributed by atoms with Crippen LogP contribution in [0.5, 0.6) is 0 Å². The third kappa shape index (κ3) is 2.03. The highest BCUT2D eigenvalue weighted by Crippen LogP contribution is 2.21. The van der Waals surface area contributed by atoms with Gasteiger partial charge < -0.3 is 10.8 Å². The Bertz CT molecular complexity index is 265. The van der Waals surface area contributed by atoms with Crippen molar-refractivity contribution in [2.24, 2.45) is 5.73 Å². The van der Waals surface area contributed by atoms with Gasteiger partial charge in [-0.3, -0.25) is 0 Å². The molecule has 0 aliphatic carbocycles. The summed E-state index contributed by atoms with van der Waals surface area (Å²) in [6, 6.07) is 3.25. The Morgan fingerprint density at radius 2 is 2.33 bits per heavy atom. The fraction of sp³-hybridized carbons (Fsp3) is 0.375. The van der Waals surface area contributed by atoms with E-state index in [0.29, 0.717) is 4.60 Å². The molecule has 0 spiro atoms. The third-order valence-corrected chi connectivity index (χ3v) is 2.33. The predicted octanol–water partition coefficient (Wildman–Crippen LogP) is 1.22.